The van der Waals surface area contributed by atoms with Crippen LogP contribution in [0.5, 0.6) is 5.75 Å². The molecule has 6 nitrogen and oxygen atoms in total. The van der Waals surface area contributed by atoms with Gasteiger partial charge in [0.25, 0.3) is 12.3 Å². The molecule has 0 saturated heterocycles. The lowest BCUT2D eigenvalue weighted by Gasteiger charge is -2.13. The van der Waals surface area contributed by atoms with Gasteiger partial charge in [0.1, 0.15) is 5.82 Å². The Labute approximate surface area is 158 Å². The van der Waals surface area contributed by atoms with E-state index in [-0.39, 0.29) is 17.1 Å². The molecule has 0 bridgehead atoms. The molecular formula is C18H19F4N3O3. The summed E-state index contributed by atoms with van der Waals surface area (Å²) in [6, 6.07) is 4.20. The van der Waals surface area contributed by atoms with Gasteiger partial charge in [-0.05, 0) is 43.0 Å². The van der Waals surface area contributed by atoms with Gasteiger partial charge in [0.05, 0.1) is 25.0 Å². The lowest BCUT2D eigenvalue weighted by Crippen LogP contribution is -2.25. The van der Waals surface area contributed by atoms with Gasteiger partial charge in [-0.2, -0.15) is 0 Å². The molecule has 1 aromatic carbocycles. The van der Waals surface area contributed by atoms with E-state index in [1.165, 1.54) is 6.07 Å². The first-order valence-electron chi connectivity index (χ1n) is 8.27. The van der Waals surface area contributed by atoms with E-state index in [1.807, 2.05) is 0 Å². The molecule has 1 aliphatic carbocycles. The average Bonchev–Trinajstić information content (AvgIpc) is 3.49. The molecule has 0 aliphatic heterocycles. The summed E-state index contributed by atoms with van der Waals surface area (Å²) in [6.07, 6.45) is 0.198. The Balaban J connectivity index is 0.00000136. The molecule has 0 unspecified atom stereocenters. The standard InChI is InChI=1S/C17H16F3N3O3.CH3F/c18-11-3-4-12(17(25)23-26-8-9-1-2-9)13(6-11)22-16-14(24)5-10(7-21-16)15(19)20;1-2/h3-7,9,15,24H,1-2,8H2,(H,21,22)(H,23,25);1H3. The highest BCUT2D eigenvalue weighted by molar-refractivity contribution is 5.99. The zero-order chi connectivity index (χ0) is 20.7. The molecule has 1 fully saturated rings. The van der Waals surface area contributed by atoms with Gasteiger partial charge in [-0.3, -0.25) is 14.0 Å². The monoisotopic (exact) mass is 401 g/mol. The third kappa shape index (κ3) is 5.81. The van der Waals surface area contributed by atoms with Crippen molar-refractivity contribution >= 4 is 17.4 Å². The van der Waals surface area contributed by atoms with Crippen LogP contribution in [0.3, 0.4) is 0 Å². The molecule has 10 heteroatoms. The van der Waals surface area contributed by atoms with Crippen LogP contribution in [0.1, 0.15) is 35.2 Å². The number of carbonyl (C=O) groups is 1. The molecule has 2 aromatic rings. The largest absolute Gasteiger partial charge is 0.504 e. The molecule has 1 saturated carbocycles. The van der Waals surface area contributed by atoms with Gasteiger partial charge >= 0.3 is 0 Å². The number of carbonyl (C=O) groups excluding carboxylic acids is 1. The summed E-state index contributed by atoms with van der Waals surface area (Å²) in [5.41, 5.74) is 1.86. The van der Waals surface area contributed by atoms with Crippen molar-refractivity contribution in [2.45, 2.75) is 19.3 Å². The number of nitrogens with one attached hydrogen (secondary N) is 2. The third-order valence-corrected chi connectivity index (χ3v) is 3.80. The topological polar surface area (TPSA) is 83.5 Å². The summed E-state index contributed by atoms with van der Waals surface area (Å²) in [6.45, 7) is 0.396. The number of aromatic hydroxyl groups is 1. The van der Waals surface area contributed by atoms with E-state index in [0.29, 0.717) is 19.7 Å². The lowest BCUT2D eigenvalue weighted by atomic mass is 10.1. The molecule has 1 aromatic heterocycles. The molecular weight excluding hydrogens is 382 g/mol. The Morgan fingerprint density at radius 2 is 2.04 bits per heavy atom. The van der Waals surface area contributed by atoms with E-state index in [0.717, 1.165) is 37.2 Å². The molecule has 1 heterocycles. The molecule has 3 N–H and O–H groups in total. The number of alkyl halides is 3. The summed E-state index contributed by atoms with van der Waals surface area (Å²) in [4.78, 5) is 21.0. The smallest absolute Gasteiger partial charge is 0.276 e. The van der Waals surface area contributed by atoms with Crippen LogP contribution < -0.4 is 10.8 Å². The van der Waals surface area contributed by atoms with Crippen LogP contribution in [0, 0.1) is 11.7 Å². The van der Waals surface area contributed by atoms with Crippen LogP contribution in [-0.4, -0.2) is 29.8 Å². The molecule has 152 valence electrons. The van der Waals surface area contributed by atoms with Crippen molar-refractivity contribution in [2.75, 3.05) is 19.1 Å². The normalized spacial score (nSPS) is 12.9. The van der Waals surface area contributed by atoms with E-state index >= 15 is 0 Å². The van der Waals surface area contributed by atoms with Gasteiger partial charge in [0.2, 0.25) is 0 Å². The van der Waals surface area contributed by atoms with E-state index < -0.39 is 29.5 Å². The highest BCUT2D eigenvalue weighted by Gasteiger charge is 2.22. The SMILES string of the molecule is CF.O=C(NOCC1CC1)c1ccc(F)cc1Nc1ncc(C(F)F)cc1O. The minimum Gasteiger partial charge on any atom is -0.504 e. The minimum absolute atomic E-state index is 0.00474. The summed E-state index contributed by atoms with van der Waals surface area (Å²) >= 11 is 0. The van der Waals surface area contributed by atoms with Crippen LogP contribution in [0.4, 0.5) is 29.1 Å². The van der Waals surface area contributed by atoms with Crippen LogP contribution in [0.15, 0.2) is 30.5 Å². The maximum atomic E-state index is 13.6. The van der Waals surface area contributed by atoms with Crippen LogP contribution in [0.25, 0.3) is 0 Å². The number of pyridine rings is 1. The van der Waals surface area contributed by atoms with Gasteiger partial charge in [0.15, 0.2) is 11.6 Å². The maximum absolute atomic E-state index is 13.6. The second-order valence-corrected chi connectivity index (χ2v) is 5.94. The predicted octanol–water partition coefficient (Wildman–Crippen LogP) is 4.26. The molecule has 0 radical (unpaired) electrons. The van der Waals surface area contributed by atoms with E-state index in [1.54, 1.807) is 0 Å². The zero-order valence-corrected chi connectivity index (χ0v) is 14.9. The van der Waals surface area contributed by atoms with Gasteiger partial charge in [-0.15, -0.1) is 0 Å². The van der Waals surface area contributed by atoms with Gasteiger partial charge in [-0.25, -0.2) is 23.6 Å². The van der Waals surface area contributed by atoms with Gasteiger partial charge in [-0.1, -0.05) is 0 Å². The first-order chi connectivity index (χ1) is 13.4. The lowest BCUT2D eigenvalue weighted by molar-refractivity contribution is 0.0271. The number of nitrogens with zero attached hydrogens (tertiary/aromatic N) is 1. The second kappa shape index (κ2) is 9.88. The number of benzene rings is 1. The summed E-state index contributed by atoms with van der Waals surface area (Å²) in [5.74, 6) is -1.55. The van der Waals surface area contributed by atoms with Crippen molar-refractivity contribution in [1.29, 1.82) is 0 Å². The predicted molar refractivity (Wildman–Crippen MR) is 93.7 cm³/mol. The first-order valence-corrected chi connectivity index (χ1v) is 8.27. The number of rotatable bonds is 7. The summed E-state index contributed by atoms with van der Waals surface area (Å²) in [5, 5.41) is 12.4. The fourth-order valence-corrected chi connectivity index (χ4v) is 2.19. The van der Waals surface area contributed by atoms with Crippen molar-refractivity contribution in [1.82, 2.24) is 10.5 Å². The summed E-state index contributed by atoms with van der Waals surface area (Å²) < 4.78 is 48.3. The average molecular weight is 401 g/mol. The summed E-state index contributed by atoms with van der Waals surface area (Å²) in [7, 11) is 0.500. The molecule has 1 aliphatic rings. The number of anilines is 2. The highest BCUT2D eigenvalue weighted by Crippen LogP contribution is 2.31. The van der Waals surface area contributed by atoms with Crippen LogP contribution in [-0.2, 0) is 4.84 Å². The molecule has 1 amide bonds. The molecule has 0 atom stereocenters. The number of halogens is 4. The van der Waals surface area contributed by atoms with Crippen molar-refractivity contribution < 1.29 is 32.3 Å². The van der Waals surface area contributed by atoms with Crippen molar-refractivity contribution in [3.05, 3.63) is 47.4 Å². The Morgan fingerprint density at radius 1 is 1.32 bits per heavy atom. The Hall–Kier alpha value is -2.88. The highest BCUT2D eigenvalue weighted by atomic mass is 19.3. The number of aromatic nitrogens is 1. The van der Waals surface area contributed by atoms with Gasteiger partial charge < -0.3 is 10.4 Å². The van der Waals surface area contributed by atoms with E-state index in [4.69, 9.17) is 4.84 Å². The molecule has 28 heavy (non-hydrogen) atoms. The minimum atomic E-state index is -2.79. The Bertz CT molecular complexity index is 817. The second-order valence-electron chi connectivity index (χ2n) is 5.94. The number of hydroxylamine groups is 1. The van der Waals surface area contributed by atoms with E-state index in [9.17, 15) is 27.5 Å². The fourth-order valence-electron chi connectivity index (χ4n) is 2.19. The Morgan fingerprint density at radius 3 is 2.64 bits per heavy atom. The first kappa shape index (κ1) is 21.4. The van der Waals surface area contributed by atoms with Crippen molar-refractivity contribution in [3.63, 3.8) is 0 Å². The Kier molecular flexibility index (Phi) is 7.56. The third-order valence-electron chi connectivity index (χ3n) is 3.80. The van der Waals surface area contributed by atoms with Crippen LogP contribution in [0.2, 0.25) is 0 Å². The van der Waals surface area contributed by atoms with Crippen LogP contribution >= 0.6 is 0 Å². The number of hydrogen-bond donors (Lipinski definition) is 3. The van der Waals surface area contributed by atoms with Crippen molar-refractivity contribution in [2.24, 2.45) is 5.92 Å². The quantitative estimate of drug-likeness (QED) is 0.477. The van der Waals surface area contributed by atoms with E-state index in [2.05, 4.69) is 15.8 Å². The molecule has 3 rings (SSSR count). The van der Waals surface area contributed by atoms with Crippen molar-refractivity contribution in [3.8, 4) is 5.75 Å². The number of hydrogen-bond acceptors (Lipinski definition) is 5. The maximum Gasteiger partial charge on any atom is 0.276 e. The molecule has 0 spiro atoms. The van der Waals surface area contributed by atoms with Gasteiger partial charge in [0, 0.05) is 11.8 Å². The fraction of sp³-hybridized carbons (Fsp3) is 0.333. The number of amides is 1. The zero-order valence-electron chi connectivity index (χ0n) is 14.9.